The Morgan fingerprint density at radius 3 is 2.07 bits per heavy atom. The number of nitrogens with zero attached hydrogens (tertiary/aromatic N) is 1. The lowest BCUT2D eigenvalue weighted by Gasteiger charge is -2.28. The Hall–Kier alpha value is -2.82. The molecule has 5 heteroatoms. The highest BCUT2D eigenvalue weighted by Crippen LogP contribution is 2.41. The van der Waals surface area contributed by atoms with Crippen molar-refractivity contribution in [3.8, 4) is 17.1 Å². The minimum absolute atomic E-state index is 0.218. The minimum Gasteiger partial charge on any atom is -0.507 e. The van der Waals surface area contributed by atoms with Crippen molar-refractivity contribution >= 4 is 17.0 Å². The number of benzene rings is 2. The molecule has 2 N–H and O–H groups in total. The lowest BCUT2D eigenvalue weighted by molar-refractivity contribution is 0.0601. The number of methoxy groups -OCH3 is 1. The van der Waals surface area contributed by atoms with Crippen LogP contribution in [0.3, 0.4) is 0 Å². The zero-order valence-electron chi connectivity index (χ0n) is 17.6. The predicted molar refractivity (Wildman–Crippen MR) is 112 cm³/mol. The molecule has 0 aliphatic heterocycles. The Kier molecular flexibility index (Phi) is 4.74. The third-order valence-electron chi connectivity index (χ3n) is 4.90. The van der Waals surface area contributed by atoms with Gasteiger partial charge in [0, 0.05) is 16.7 Å². The summed E-state index contributed by atoms with van der Waals surface area (Å²) < 4.78 is 4.80. The van der Waals surface area contributed by atoms with Gasteiger partial charge >= 0.3 is 5.97 Å². The molecule has 3 rings (SSSR count). The number of aromatic hydroxyl groups is 1. The van der Waals surface area contributed by atoms with Gasteiger partial charge in [0.1, 0.15) is 11.6 Å². The Bertz CT molecular complexity index is 1010. The van der Waals surface area contributed by atoms with E-state index in [-0.39, 0.29) is 16.8 Å². The van der Waals surface area contributed by atoms with Crippen molar-refractivity contribution < 1.29 is 14.6 Å². The predicted octanol–water partition coefficient (Wildman–Crippen LogP) is 5.32. The molecule has 0 aliphatic rings. The van der Waals surface area contributed by atoms with Gasteiger partial charge in [-0.3, -0.25) is 0 Å². The van der Waals surface area contributed by atoms with Crippen molar-refractivity contribution in [2.45, 2.75) is 52.4 Å². The summed E-state index contributed by atoms with van der Waals surface area (Å²) in [6, 6.07) is 9.23. The van der Waals surface area contributed by atoms with Crippen molar-refractivity contribution in [3.05, 3.63) is 47.0 Å². The summed E-state index contributed by atoms with van der Waals surface area (Å²) in [4.78, 5) is 19.8. The standard InChI is InChI=1S/C23H28N2O3/c1-22(2,3)15-10-14(11-16(19(15)26)23(4,5)6)20-24-17-9-8-13(21(27)28-7)12-18(17)25-20/h8-12,26H,1-7H3,(H,24,25). The van der Waals surface area contributed by atoms with Gasteiger partial charge in [0.15, 0.2) is 0 Å². The second-order valence-electron chi connectivity index (χ2n) is 9.23. The van der Waals surface area contributed by atoms with Crippen LogP contribution in [-0.4, -0.2) is 28.2 Å². The highest BCUT2D eigenvalue weighted by molar-refractivity contribution is 5.94. The first-order valence-corrected chi connectivity index (χ1v) is 9.38. The number of hydrogen-bond acceptors (Lipinski definition) is 4. The molecule has 0 unspecified atom stereocenters. The number of ether oxygens (including phenoxy) is 1. The van der Waals surface area contributed by atoms with Gasteiger partial charge in [-0.2, -0.15) is 0 Å². The number of esters is 1. The second-order valence-corrected chi connectivity index (χ2v) is 9.23. The van der Waals surface area contributed by atoms with Crippen molar-refractivity contribution in [1.29, 1.82) is 0 Å². The topological polar surface area (TPSA) is 75.2 Å². The first-order chi connectivity index (χ1) is 12.9. The molecule has 0 atom stereocenters. The Balaban J connectivity index is 2.21. The molecule has 1 heterocycles. The highest BCUT2D eigenvalue weighted by atomic mass is 16.5. The normalized spacial score (nSPS) is 12.4. The van der Waals surface area contributed by atoms with Crippen LogP contribution >= 0.6 is 0 Å². The number of hydrogen-bond donors (Lipinski definition) is 2. The van der Waals surface area contributed by atoms with Crippen molar-refractivity contribution in [3.63, 3.8) is 0 Å². The van der Waals surface area contributed by atoms with E-state index >= 15 is 0 Å². The van der Waals surface area contributed by atoms with E-state index in [9.17, 15) is 9.90 Å². The summed E-state index contributed by atoms with van der Waals surface area (Å²) in [6.07, 6.45) is 0. The molecule has 2 aromatic carbocycles. The fourth-order valence-electron chi connectivity index (χ4n) is 3.31. The fourth-order valence-corrected chi connectivity index (χ4v) is 3.31. The minimum atomic E-state index is -0.382. The molecule has 28 heavy (non-hydrogen) atoms. The summed E-state index contributed by atoms with van der Waals surface area (Å²) >= 11 is 0. The average Bonchev–Trinajstić information content (AvgIpc) is 3.02. The summed E-state index contributed by atoms with van der Waals surface area (Å²) in [6.45, 7) is 12.5. The molecular formula is C23H28N2O3. The third kappa shape index (κ3) is 3.61. The van der Waals surface area contributed by atoms with Gasteiger partial charge < -0.3 is 14.8 Å². The van der Waals surface area contributed by atoms with Gasteiger partial charge in [-0.1, -0.05) is 41.5 Å². The summed E-state index contributed by atoms with van der Waals surface area (Å²) in [7, 11) is 1.36. The Morgan fingerprint density at radius 1 is 1.00 bits per heavy atom. The molecule has 1 aromatic heterocycles. The highest BCUT2D eigenvalue weighted by Gasteiger charge is 2.27. The van der Waals surface area contributed by atoms with Crippen LogP contribution in [0.15, 0.2) is 30.3 Å². The van der Waals surface area contributed by atoms with Crippen LogP contribution in [0, 0.1) is 0 Å². The van der Waals surface area contributed by atoms with Gasteiger partial charge in [0.2, 0.25) is 0 Å². The van der Waals surface area contributed by atoms with E-state index in [4.69, 9.17) is 9.72 Å². The van der Waals surface area contributed by atoms with Crippen molar-refractivity contribution in [2.24, 2.45) is 0 Å². The van der Waals surface area contributed by atoms with E-state index in [0.717, 1.165) is 27.7 Å². The molecule has 0 amide bonds. The monoisotopic (exact) mass is 380 g/mol. The molecule has 148 valence electrons. The molecule has 3 aromatic rings. The maximum atomic E-state index is 11.8. The first-order valence-electron chi connectivity index (χ1n) is 9.38. The van der Waals surface area contributed by atoms with E-state index in [2.05, 4.69) is 46.5 Å². The summed E-state index contributed by atoms with van der Waals surface area (Å²) in [5.41, 5.74) is 4.24. The smallest absolute Gasteiger partial charge is 0.337 e. The average molecular weight is 380 g/mol. The van der Waals surface area contributed by atoms with E-state index in [0.29, 0.717) is 17.1 Å². The summed E-state index contributed by atoms with van der Waals surface area (Å²) in [5.74, 6) is 0.661. The van der Waals surface area contributed by atoms with Crippen LogP contribution < -0.4 is 0 Å². The largest absolute Gasteiger partial charge is 0.507 e. The number of nitrogens with one attached hydrogen (secondary N) is 1. The van der Waals surface area contributed by atoms with E-state index in [1.54, 1.807) is 18.2 Å². The number of rotatable bonds is 2. The molecule has 0 saturated carbocycles. The van der Waals surface area contributed by atoms with Gasteiger partial charge in [0.25, 0.3) is 0 Å². The van der Waals surface area contributed by atoms with Crippen LogP contribution in [-0.2, 0) is 15.6 Å². The molecule has 0 bridgehead atoms. The van der Waals surface area contributed by atoms with Crippen LogP contribution in [0.25, 0.3) is 22.4 Å². The third-order valence-corrected chi connectivity index (χ3v) is 4.90. The van der Waals surface area contributed by atoms with E-state index in [1.165, 1.54) is 7.11 Å². The second kappa shape index (κ2) is 6.66. The molecule has 0 saturated heterocycles. The number of fused-ring (bicyclic) bond motifs is 1. The van der Waals surface area contributed by atoms with Crippen LogP contribution in [0.5, 0.6) is 5.75 Å². The molecule has 0 spiro atoms. The van der Waals surface area contributed by atoms with Crippen LogP contribution in [0.4, 0.5) is 0 Å². The first kappa shape index (κ1) is 19.9. The number of phenolic OH excluding ortho intramolecular Hbond substituents is 1. The number of H-pyrrole nitrogens is 1. The molecule has 0 aliphatic carbocycles. The molecule has 5 nitrogen and oxygen atoms in total. The number of carbonyl (C=O) groups excluding carboxylic acids is 1. The van der Waals surface area contributed by atoms with Crippen molar-refractivity contribution in [1.82, 2.24) is 9.97 Å². The summed E-state index contributed by atoms with van der Waals surface area (Å²) in [5, 5.41) is 10.9. The number of aromatic nitrogens is 2. The van der Waals surface area contributed by atoms with E-state index < -0.39 is 0 Å². The Labute approximate surface area is 165 Å². The number of imidazole rings is 1. The van der Waals surface area contributed by atoms with Crippen LogP contribution in [0.2, 0.25) is 0 Å². The lowest BCUT2D eigenvalue weighted by atomic mass is 9.78. The zero-order chi connectivity index (χ0) is 20.9. The maximum Gasteiger partial charge on any atom is 0.337 e. The van der Waals surface area contributed by atoms with Gasteiger partial charge in [0.05, 0.1) is 23.7 Å². The molecule has 0 radical (unpaired) electrons. The quantitative estimate of drug-likeness (QED) is 0.590. The van der Waals surface area contributed by atoms with Crippen molar-refractivity contribution in [2.75, 3.05) is 7.11 Å². The maximum absolute atomic E-state index is 11.8. The van der Waals surface area contributed by atoms with Gasteiger partial charge in [-0.05, 0) is 41.2 Å². The lowest BCUT2D eigenvalue weighted by Crippen LogP contribution is -2.17. The number of carbonyl (C=O) groups is 1. The Morgan fingerprint density at radius 2 is 1.57 bits per heavy atom. The SMILES string of the molecule is COC(=O)c1ccc2nc(-c3cc(C(C)(C)C)c(O)c(C(C)(C)C)c3)[nH]c2c1. The molecule has 0 fully saturated rings. The fraction of sp³-hybridized carbons (Fsp3) is 0.391. The van der Waals surface area contributed by atoms with Gasteiger partial charge in [-0.25, -0.2) is 9.78 Å². The van der Waals surface area contributed by atoms with E-state index in [1.807, 2.05) is 12.1 Å². The number of aromatic amines is 1. The van der Waals surface area contributed by atoms with Gasteiger partial charge in [-0.15, -0.1) is 0 Å². The zero-order valence-corrected chi connectivity index (χ0v) is 17.6. The number of phenols is 1. The van der Waals surface area contributed by atoms with Crippen LogP contribution in [0.1, 0.15) is 63.0 Å². The molecular weight excluding hydrogens is 352 g/mol.